The first-order chi connectivity index (χ1) is 14.3. The number of aromatic nitrogens is 2. The van der Waals surface area contributed by atoms with E-state index in [0.29, 0.717) is 33.8 Å². The van der Waals surface area contributed by atoms with E-state index in [1.807, 2.05) is 6.07 Å². The van der Waals surface area contributed by atoms with Crippen LogP contribution in [-0.2, 0) is 4.79 Å². The summed E-state index contributed by atoms with van der Waals surface area (Å²) in [4.78, 5) is 28.3. The molecule has 0 aliphatic heterocycles. The Bertz CT molecular complexity index is 1180. The van der Waals surface area contributed by atoms with E-state index in [0.717, 1.165) is 4.47 Å². The Kier molecular flexibility index (Phi) is 6.36. The average molecular weight is 475 g/mol. The number of carbonyl (C=O) groups excluding carboxylic acids is 1. The first-order valence-corrected chi connectivity index (χ1v) is 9.53. The highest BCUT2D eigenvalue weighted by Crippen LogP contribution is 2.38. The van der Waals surface area contributed by atoms with Crippen molar-refractivity contribution in [2.24, 2.45) is 10.8 Å². The van der Waals surface area contributed by atoms with Gasteiger partial charge in [-0.2, -0.15) is 9.78 Å². The Morgan fingerprint density at radius 3 is 2.50 bits per heavy atom. The van der Waals surface area contributed by atoms with Crippen LogP contribution in [0, 0.1) is 6.92 Å². The lowest BCUT2D eigenvalue weighted by molar-refractivity contribution is -0.120. The lowest BCUT2D eigenvalue weighted by atomic mass is 10.2. The van der Waals surface area contributed by atoms with Crippen molar-refractivity contribution in [2.75, 3.05) is 20.8 Å². The second-order valence-electron chi connectivity index (χ2n) is 6.19. The lowest BCUT2D eigenvalue weighted by Crippen LogP contribution is -2.21. The van der Waals surface area contributed by atoms with Crippen LogP contribution in [-0.4, -0.2) is 42.6 Å². The maximum Gasteiger partial charge on any atom is 0.282 e. The van der Waals surface area contributed by atoms with Crippen LogP contribution in [0.3, 0.4) is 0 Å². The van der Waals surface area contributed by atoms with Gasteiger partial charge in [-0.05, 0) is 37.3 Å². The summed E-state index contributed by atoms with van der Waals surface area (Å²) < 4.78 is 18.0. The van der Waals surface area contributed by atoms with E-state index in [2.05, 4.69) is 26.0 Å². The van der Waals surface area contributed by atoms with Crippen LogP contribution in [0.15, 0.2) is 44.7 Å². The molecule has 156 valence electrons. The third-order valence-electron chi connectivity index (χ3n) is 4.13. The van der Waals surface area contributed by atoms with Crippen molar-refractivity contribution in [3.63, 3.8) is 0 Å². The van der Waals surface area contributed by atoms with Gasteiger partial charge in [0, 0.05) is 10.0 Å². The van der Waals surface area contributed by atoms with Crippen molar-refractivity contribution in [1.29, 1.82) is 0 Å². The van der Waals surface area contributed by atoms with Gasteiger partial charge >= 0.3 is 0 Å². The van der Waals surface area contributed by atoms with Crippen molar-refractivity contribution in [2.45, 2.75) is 6.92 Å². The minimum Gasteiger partial charge on any atom is -0.493 e. The van der Waals surface area contributed by atoms with Crippen molar-refractivity contribution in [3.8, 4) is 17.2 Å². The molecule has 0 saturated heterocycles. The fraction of sp³-hybridized carbons (Fsp3) is 0.200. The van der Waals surface area contributed by atoms with Crippen LogP contribution < -0.4 is 25.5 Å². The molecule has 0 aliphatic rings. The van der Waals surface area contributed by atoms with E-state index in [9.17, 15) is 9.59 Å². The van der Waals surface area contributed by atoms with Crippen LogP contribution in [0.1, 0.15) is 11.4 Å². The molecule has 0 saturated carbocycles. The quantitative estimate of drug-likeness (QED) is 0.524. The Balaban J connectivity index is 2.04. The first-order valence-electron chi connectivity index (χ1n) is 8.74. The number of methoxy groups -OCH3 is 2. The molecule has 0 atom stereocenters. The maximum absolute atomic E-state index is 12.8. The fourth-order valence-electron chi connectivity index (χ4n) is 2.78. The summed E-state index contributed by atoms with van der Waals surface area (Å²) in [6, 6.07) is 8.55. The summed E-state index contributed by atoms with van der Waals surface area (Å²) >= 11 is 3.36. The lowest BCUT2D eigenvalue weighted by Gasteiger charge is -2.14. The second-order valence-corrected chi connectivity index (χ2v) is 7.11. The van der Waals surface area contributed by atoms with Gasteiger partial charge in [0.15, 0.2) is 18.1 Å². The number of benzene rings is 2. The predicted octanol–water partition coefficient (Wildman–Crippen LogP) is 2.23. The molecule has 3 aromatic rings. The van der Waals surface area contributed by atoms with Crippen LogP contribution >= 0.6 is 15.9 Å². The van der Waals surface area contributed by atoms with Gasteiger partial charge in [0.2, 0.25) is 5.75 Å². The smallest absolute Gasteiger partial charge is 0.282 e. The molecule has 1 heterocycles. The number of rotatable bonds is 7. The Hall–Kier alpha value is -3.40. The highest BCUT2D eigenvalue weighted by Gasteiger charge is 2.15. The normalized spacial score (nSPS) is 11.1. The van der Waals surface area contributed by atoms with Gasteiger partial charge in [0.25, 0.3) is 11.5 Å². The van der Waals surface area contributed by atoms with Crippen molar-refractivity contribution in [1.82, 2.24) is 9.66 Å². The highest BCUT2D eigenvalue weighted by atomic mass is 79.9. The molecule has 30 heavy (non-hydrogen) atoms. The molecule has 3 rings (SSSR count). The second kappa shape index (κ2) is 8.95. The third-order valence-corrected chi connectivity index (χ3v) is 4.63. The summed E-state index contributed by atoms with van der Waals surface area (Å²) in [5, 5.41) is 4.73. The van der Waals surface area contributed by atoms with Gasteiger partial charge in [-0.3, -0.25) is 9.59 Å². The molecule has 9 nitrogen and oxygen atoms in total. The van der Waals surface area contributed by atoms with Gasteiger partial charge in [0.05, 0.1) is 31.3 Å². The number of hydrogen-bond acceptors (Lipinski definition) is 7. The van der Waals surface area contributed by atoms with Gasteiger partial charge < -0.3 is 19.9 Å². The van der Waals surface area contributed by atoms with E-state index in [4.69, 9.17) is 19.9 Å². The number of ether oxygens (including phenoxy) is 3. The largest absolute Gasteiger partial charge is 0.493 e. The minimum atomic E-state index is -0.630. The molecule has 0 fully saturated rings. The average Bonchev–Trinajstić information content (AvgIpc) is 2.72. The molecule has 1 aromatic heterocycles. The SMILES string of the molecule is COc1cc(C=Nn2c(C)nc3ccc(Br)cc3c2=O)cc(OC)c1OCC(N)=O. The molecule has 0 radical (unpaired) electrons. The van der Waals surface area contributed by atoms with Gasteiger partial charge in [-0.25, -0.2) is 4.98 Å². The Labute approximate surface area is 180 Å². The number of hydrogen-bond donors (Lipinski definition) is 1. The molecule has 0 unspecified atom stereocenters. The summed E-state index contributed by atoms with van der Waals surface area (Å²) in [5.74, 6) is 0.686. The van der Waals surface area contributed by atoms with Crippen molar-refractivity contribution >= 4 is 39.0 Å². The van der Waals surface area contributed by atoms with Gasteiger partial charge in [-0.1, -0.05) is 15.9 Å². The monoisotopic (exact) mass is 474 g/mol. The number of amides is 1. The maximum atomic E-state index is 12.8. The van der Waals surface area contributed by atoms with E-state index in [1.165, 1.54) is 25.1 Å². The Morgan fingerprint density at radius 1 is 1.23 bits per heavy atom. The van der Waals surface area contributed by atoms with Gasteiger partial charge in [0.1, 0.15) is 5.82 Å². The molecular formula is C20H19BrN4O5. The number of aryl methyl sites for hydroxylation is 1. The molecule has 0 spiro atoms. The van der Waals surface area contributed by atoms with Crippen molar-refractivity contribution < 1.29 is 19.0 Å². The minimum absolute atomic E-state index is 0.238. The fourth-order valence-corrected chi connectivity index (χ4v) is 3.14. The molecule has 2 N–H and O–H groups in total. The number of nitrogens with two attached hydrogens (primary N) is 1. The summed E-state index contributed by atoms with van der Waals surface area (Å²) in [5.41, 5.74) is 6.01. The zero-order valence-corrected chi connectivity index (χ0v) is 18.1. The summed E-state index contributed by atoms with van der Waals surface area (Å²) in [6.07, 6.45) is 1.48. The van der Waals surface area contributed by atoms with E-state index >= 15 is 0 Å². The topological polar surface area (TPSA) is 118 Å². The van der Waals surface area contributed by atoms with E-state index < -0.39 is 5.91 Å². The van der Waals surface area contributed by atoms with Gasteiger partial charge in [-0.15, -0.1) is 0 Å². The standard InChI is InChI=1S/C20H19BrN4O5/c1-11-24-15-5-4-13(21)8-14(15)20(27)25(11)23-9-12-6-16(28-2)19(17(7-12)29-3)30-10-18(22)26/h4-9H,10H2,1-3H3,(H2,22,26). The molecule has 1 amide bonds. The summed E-state index contributed by atoms with van der Waals surface area (Å²) in [6.45, 7) is 1.37. The first kappa shape index (κ1) is 21.3. The van der Waals surface area contributed by atoms with Crippen LogP contribution in [0.5, 0.6) is 17.2 Å². The zero-order chi connectivity index (χ0) is 21.8. The van der Waals surface area contributed by atoms with Crippen LogP contribution in [0.2, 0.25) is 0 Å². The molecule has 0 bridgehead atoms. The molecular weight excluding hydrogens is 456 g/mol. The van der Waals surface area contributed by atoms with Crippen LogP contribution in [0.25, 0.3) is 10.9 Å². The molecule has 2 aromatic carbocycles. The highest BCUT2D eigenvalue weighted by molar-refractivity contribution is 9.10. The zero-order valence-electron chi connectivity index (χ0n) is 16.5. The predicted molar refractivity (Wildman–Crippen MR) is 116 cm³/mol. The molecule has 10 heteroatoms. The number of halogens is 1. The number of primary amides is 1. The van der Waals surface area contributed by atoms with Crippen LogP contribution in [0.4, 0.5) is 0 Å². The summed E-state index contributed by atoms with van der Waals surface area (Å²) in [7, 11) is 2.90. The molecule has 0 aliphatic carbocycles. The Morgan fingerprint density at radius 2 is 1.90 bits per heavy atom. The number of nitrogens with zero attached hydrogens (tertiary/aromatic N) is 3. The van der Waals surface area contributed by atoms with E-state index in [1.54, 1.807) is 31.2 Å². The van der Waals surface area contributed by atoms with E-state index in [-0.39, 0.29) is 17.9 Å². The van der Waals surface area contributed by atoms with Crippen molar-refractivity contribution in [3.05, 3.63) is 56.5 Å². The number of carbonyl (C=O) groups is 1. The third kappa shape index (κ3) is 4.43. The number of fused-ring (bicyclic) bond motifs is 1.